The van der Waals surface area contributed by atoms with Gasteiger partial charge in [-0.3, -0.25) is 4.79 Å². The van der Waals surface area contributed by atoms with E-state index in [0.29, 0.717) is 6.61 Å². The molecule has 0 saturated carbocycles. The SMILES string of the molecule is CCOC(=O)C1CCc2sc(N3CCCC(C)CC3)nc21. The van der Waals surface area contributed by atoms with Gasteiger partial charge in [-0.25, -0.2) is 4.98 Å². The smallest absolute Gasteiger partial charge is 0.315 e. The van der Waals surface area contributed by atoms with E-state index in [-0.39, 0.29) is 11.9 Å². The van der Waals surface area contributed by atoms with Crippen LogP contribution in [-0.4, -0.2) is 30.6 Å². The maximum Gasteiger partial charge on any atom is 0.315 e. The number of carbonyl (C=O) groups is 1. The Morgan fingerprint density at radius 3 is 3.05 bits per heavy atom. The number of aryl methyl sites for hydroxylation is 1. The molecule has 1 aromatic heterocycles. The lowest BCUT2D eigenvalue weighted by molar-refractivity contribution is -0.145. The maximum absolute atomic E-state index is 12.0. The van der Waals surface area contributed by atoms with Gasteiger partial charge in [-0.2, -0.15) is 0 Å². The van der Waals surface area contributed by atoms with Crippen molar-refractivity contribution in [3.63, 3.8) is 0 Å². The number of thiazole rings is 1. The van der Waals surface area contributed by atoms with Crippen LogP contribution in [0.2, 0.25) is 0 Å². The molecule has 4 nitrogen and oxygen atoms in total. The Hall–Kier alpha value is -1.10. The van der Waals surface area contributed by atoms with Gasteiger partial charge in [-0.1, -0.05) is 6.92 Å². The first kappa shape index (κ1) is 14.8. The predicted octanol–water partition coefficient (Wildman–Crippen LogP) is 3.36. The van der Waals surface area contributed by atoms with Gasteiger partial charge in [0.1, 0.15) is 5.92 Å². The summed E-state index contributed by atoms with van der Waals surface area (Å²) in [7, 11) is 0. The van der Waals surface area contributed by atoms with Crippen molar-refractivity contribution in [3.05, 3.63) is 10.6 Å². The van der Waals surface area contributed by atoms with Crippen LogP contribution in [0.5, 0.6) is 0 Å². The van der Waals surface area contributed by atoms with Gasteiger partial charge in [0.25, 0.3) is 0 Å². The van der Waals surface area contributed by atoms with Crippen LogP contribution in [0.25, 0.3) is 0 Å². The van der Waals surface area contributed by atoms with Gasteiger partial charge in [-0.15, -0.1) is 11.3 Å². The van der Waals surface area contributed by atoms with Crippen LogP contribution in [0.3, 0.4) is 0 Å². The highest BCUT2D eigenvalue weighted by Gasteiger charge is 2.34. The number of anilines is 1. The lowest BCUT2D eigenvalue weighted by Crippen LogP contribution is -2.24. The Morgan fingerprint density at radius 2 is 2.24 bits per heavy atom. The van der Waals surface area contributed by atoms with Gasteiger partial charge in [0.05, 0.1) is 12.3 Å². The van der Waals surface area contributed by atoms with Crippen LogP contribution >= 0.6 is 11.3 Å². The number of ether oxygens (including phenoxy) is 1. The lowest BCUT2D eigenvalue weighted by Gasteiger charge is -2.19. The third-order valence-electron chi connectivity index (χ3n) is 4.56. The first-order valence-corrected chi connectivity index (χ1v) is 8.92. The van der Waals surface area contributed by atoms with Crippen LogP contribution in [0.4, 0.5) is 5.13 Å². The molecule has 21 heavy (non-hydrogen) atoms. The van der Waals surface area contributed by atoms with Crippen molar-refractivity contribution in [2.24, 2.45) is 5.92 Å². The monoisotopic (exact) mass is 308 g/mol. The van der Waals surface area contributed by atoms with E-state index >= 15 is 0 Å². The molecular formula is C16H24N2O2S. The topological polar surface area (TPSA) is 42.4 Å². The van der Waals surface area contributed by atoms with E-state index in [9.17, 15) is 4.79 Å². The molecule has 0 spiro atoms. The molecule has 1 aliphatic carbocycles. The molecule has 0 N–H and O–H groups in total. The number of nitrogens with zero attached hydrogens (tertiary/aromatic N) is 2. The second kappa shape index (κ2) is 6.34. The van der Waals surface area contributed by atoms with E-state index in [1.165, 1.54) is 24.1 Å². The van der Waals surface area contributed by atoms with Crippen molar-refractivity contribution in [1.82, 2.24) is 4.98 Å². The molecule has 0 radical (unpaired) electrons. The first-order valence-electron chi connectivity index (χ1n) is 8.10. The van der Waals surface area contributed by atoms with E-state index in [4.69, 9.17) is 9.72 Å². The fourth-order valence-electron chi connectivity index (χ4n) is 3.28. The van der Waals surface area contributed by atoms with Crippen LogP contribution < -0.4 is 4.90 Å². The normalized spacial score (nSPS) is 25.5. The molecule has 0 aromatic carbocycles. The predicted molar refractivity (Wildman–Crippen MR) is 85.0 cm³/mol. The molecule has 2 aliphatic rings. The number of esters is 1. The minimum Gasteiger partial charge on any atom is -0.465 e. The van der Waals surface area contributed by atoms with Crippen molar-refractivity contribution in [1.29, 1.82) is 0 Å². The minimum atomic E-state index is -0.129. The molecule has 1 saturated heterocycles. The average molecular weight is 308 g/mol. The Balaban J connectivity index is 1.75. The Bertz CT molecular complexity index is 514. The summed E-state index contributed by atoms with van der Waals surface area (Å²) in [6.45, 7) is 6.84. The van der Waals surface area contributed by atoms with Crippen molar-refractivity contribution < 1.29 is 9.53 Å². The molecule has 1 aromatic rings. The highest BCUT2D eigenvalue weighted by Crippen LogP contribution is 2.40. The minimum absolute atomic E-state index is 0.0995. The molecule has 2 atom stereocenters. The van der Waals surface area contributed by atoms with Crippen molar-refractivity contribution in [3.8, 4) is 0 Å². The van der Waals surface area contributed by atoms with Crippen molar-refractivity contribution in [2.45, 2.75) is 51.9 Å². The van der Waals surface area contributed by atoms with Crippen LogP contribution in [0, 0.1) is 5.92 Å². The fourth-order valence-corrected chi connectivity index (χ4v) is 4.46. The molecule has 2 heterocycles. The molecule has 116 valence electrons. The molecule has 1 aliphatic heterocycles. The van der Waals surface area contributed by atoms with E-state index in [1.54, 1.807) is 11.3 Å². The third-order valence-corrected chi connectivity index (χ3v) is 5.76. The molecule has 0 bridgehead atoms. The summed E-state index contributed by atoms with van der Waals surface area (Å²) in [5.41, 5.74) is 0.991. The first-order chi connectivity index (χ1) is 10.2. The second-order valence-electron chi connectivity index (χ2n) is 6.17. The standard InChI is InChI=1S/C16H24N2O2S/c1-3-20-15(19)12-6-7-13-14(12)17-16(21-13)18-9-4-5-11(2)8-10-18/h11-12H,3-10H2,1-2H3. The van der Waals surface area contributed by atoms with E-state index in [2.05, 4.69) is 11.8 Å². The van der Waals surface area contributed by atoms with Crippen LogP contribution in [0.15, 0.2) is 0 Å². The number of aromatic nitrogens is 1. The second-order valence-corrected chi connectivity index (χ2v) is 7.23. The fraction of sp³-hybridized carbons (Fsp3) is 0.750. The van der Waals surface area contributed by atoms with Crippen molar-refractivity contribution in [2.75, 3.05) is 24.6 Å². The summed E-state index contributed by atoms with van der Waals surface area (Å²) in [5, 5.41) is 1.11. The lowest BCUT2D eigenvalue weighted by atomic mass is 10.0. The number of fused-ring (bicyclic) bond motifs is 1. The molecule has 2 unspecified atom stereocenters. The number of hydrogen-bond donors (Lipinski definition) is 0. The van der Waals surface area contributed by atoms with Crippen LogP contribution in [0.1, 0.15) is 56.0 Å². The Morgan fingerprint density at radius 1 is 1.38 bits per heavy atom. The zero-order valence-electron chi connectivity index (χ0n) is 12.9. The van der Waals surface area contributed by atoms with Gasteiger partial charge in [0, 0.05) is 18.0 Å². The van der Waals surface area contributed by atoms with Crippen molar-refractivity contribution >= 4 is 22.4 Å². The van der Waals surface area contributed by atoms with E-state index in [0.717, 1.165) is 42.7 Å². The maximum atomic E-state index is 12.0. The molecule has 3 rings (SSSR count). The summed E-state index contributed by atoms with van der Waals surface area (Å²) < 4.78 is 5.18. The Kier molecular flexibility index (Phi) is 4.48. The number of carbonyl (C=O) groups excluding carboxylic acids is 1. The average Bonchev–Trinajstić information content (AvgIpc) is 2.96. The Labute approximate surface area is 130 Å². The zero-order valence-corrected chi connectivity index (χ0v) is 13.7. The summed E-state index contributed by atoms with van der Waals surface area (Å²) in [4.78, 5) is 20.5. The van der Waals surface area contributed by atoms with Crippen LogP contribution in [-0.2, 0) is 16.0 Å². The molecule has 0 amide bonds. The largest absolute Gasteiger partial charge is 0.465 e. The zero-order chi connectivity index (χ0) is 14.8. The van der Waals surface area contributed by atoms with Gasteiger partial charge >= 0.3 is 5.97 Å². The third kappa shape index (κ3) is 3.07. The van der Waals surface area contributed by atoms with Gasteiger partial charge < -0.3 is 9.64 Å². The quantitative estimate of drug-likeness (QED) is 0.803. The summed E-state index contributed by atoms with van der Waals surface area (Å²) >= 11 is 1.79. The molecular weight excluding hydrogens is 284 g/mol. The summed E-state index contributed by atoms with van der Waals surface area (Å²) in [6, 6.07) is 0. The highest BCUT2D eigenvalue weighted by atomic mass is 32.1. The number of hydrogen-bond acceptors (Lipinski definition) is 5. The molecule has 5 heteroatoms. The number of rotatable bonds is 3. The van der Waals surface area contributed by atoms with Gasteiger partial charge in [0.2, 0.25) is 0 Å². The van der Waals surface area contributed by atoms with E-state index in [1.807, 2.05) is 6.92 Å². The summed E-state index contributed by atoms with van der Waals surface area (Å²) in [5.74, 6) is 0.586. The highest BCUT2D eigenvalue weighted by molar-refractivity contribution is 7.15. The van der Waals surface area contributed by atoms with E-state index < -0.39 is 0 Å². The molecule has 1 fully saturated rings. The van der Waals surface area contributed by atoms with Gasteiger partial charge in [-0.05, 0) is 44.9 Å². The summed E-state index contributed by atoms with van der Waals surface area (Å²) in [6.07, 6.45) is 5.64. The van der Waals surface area contributed by atoms with Gasteiger partial charge in [0.15, 0.2) is 5.13 Å².